The van der Waals surface area contributed by atoms with Gasteiger partial charge in [0.1, 0.15) is 0 Å². The first-order valence-electron chi connectivity index (χ1n) is 7.64. The second kappa shape index (κ2) is 7.85. The van der Waals surface area contributed by atoms with Crippen LogP contribution in [0.25, 0.3) is 0 Å². The van der Waals surface area contributed by atoms with Gasteiger partial charge in [-0.3, -0.25) is 10.1 Å². The lowest BCUT2D eigenvalue weighted by atomic mass is 10.0. The number of hydrogen-bond acceptors (Lipinski definition) is 3. The number of amides is 1. The summed E-state index contributed by atoms with van der Waals surface area (Å²) >= 11 is 0. The van der Waals surface area contributed by atoms with Crippen LogP contribution in [-0.4, -0.2) is 55.1 Å². The van der Waals surface area contributed by atoms with Crippen LogP contribution in [0, 0.1) is 5.92 Å². The molecule has 0 saturated carbocycles. The van der Waals surface area contributed by atoms with Crippen molar-refractivity contribution in [2.75, 3.05) is 27.3 Å². The minimum Gasteiger partial charge on any atom is -0.324 e. The average molecular weight is 269 g/mol. The van der Waals surface area contributed by atoms with Crippen LogP contribution in [0.4, 0.5) is 0 Å². The molecule has 4 nitrogen and oxygen atoms in total. The van der Waals surface area contributed by atoms with Gasteiger partial charge in [0, 0.05) is 12.6 Å². The molecule has 0 radical (unpaired) electrons. The van der Waals surface area contributed by atoms with E-state index >= 15 is 0 Å². The van der Waals surface area contributed by atoms with E-state index in [0.29, 0.717) is 17.9 Å². The van der Waals surface area contributed by atoms with Crippen molar-refractivity contribution < 1.29 is 4.79 Å². The third-order valence-corrected chi connectivity index (χ3v) is 3.70. The van der Waals surface area contributed by atoms with Gasteiger partial charge in [-0.1, -0.05) is 33.6 Å². The van der Waals surface area contributed by atoms with Gasteiger partial charge in [0.25, 0.3) is 0 Å². The summed E-state index contributed by atoms with van der Waals surface area (Å²) in [6, 6.07) is 0.387. The van der Waals surface area contributed by atoms with Gasteiger partial charge < -0.3 is 9.80 Å². The molecule has 2 unspecified atom stereocenters. The van der Waals surface area contributed by atoms with Gasteiger partial charge in [0.2, 0.25) is 5.91 Å². The topological polar surface area (TPSA) is 35.6 Å². The number of nitrogens with one attached hydrogen (secondary N) is 1. The molecule has 4 heteroatoms. The highest BCUT2D eigenvalue weighted by Crippen LogP contribution is 2.18. The second-order valence-electron chi connectivity index (χ2n) is 6.41. The summed E-state index contributed by atoms with van der Waals surface area (Å²) in [5.41, 5.74) is 0. The van der Waals surface area contributed by atoms with Crippen molar-refractivity contribution in [3.05, 3.63) is 0 Å². The maximum Gasteiger partial charge on any atom is 0.241 e. The smallest absolute Gasteiger partial charge is 0.241 e. The highest BCUT2D eigenvalue weighted by molar-refractivity contribution is 5.84. The fraction of sp³-hybridized carbons (Fsp3) is 0.933. The van der Waals surface area contributed by atoms with Gasteiger partial charge in [-0.15, -0.1) is 0 Å². The molecule has 112 valence electrons. The second-order valence-corrected chi connectivity index (χ2v) is 6.41. The van der Waals surface area contributed by atoms with Crippen molar-refractivity contribution in [2.24, 2.45) is 5.92 Å². The first-order valence-corrected chi connectivity index (χ1v) is 7.64. The molecule has 1 aliphatic heterocycles. The zero-order valence-electron chi connectivity index (χ0n) is 13.3. The van der Waals surface area contributed by atoms with E-state index in [1.54, 1.807) is 0 Å². The molecule has 1 saturated heterocycles. The Morgan fingerprint density at radius 3 is 2.63 bits per heavy atom. The van der Waals surface area contributed by atoms with Crippen LogP contribution in [-0.2, 0) is 4.79 Å². The van der Waals surface area contributed by atoms with E-state index in [9.17, 15) is 4.79 Å². The van der Waals surface area contributed by atoms with E-state index < -0.39 is 0 Å². The first kappa shape index (κ1) is 16.4. The van der Waals surface area contributed by atoms with Gasteiger partial charge in [-0.25, -0.2) is 0 Å². The van der Waals surface area contributed by atoms with E-state index in [1.165, 1.54) is 0 Å². The van der Waals surface area contributed by atoms with Gasteiger partial charge in [0.05, 0.1) is 12.7 Å². The van der Waals surface area contributed by atoms with E-state index in [2.05, 4.69) is 50.0 Å². The lowest BCUT2D eigenvalue weighted by Gasteiger charge is -2.31. The van der Waals surface area contributed by atoms with Crippen LogP contribution in [0.15, 0.2) is 0 Å². The lowest BCUT2D eigenvalue weighted by molar-refractivity contribution is -0.131. The fourth-order valence-electron chi connectivity index (χ4n) is 2.78. The van der Waals surface area contributed by atoms with Crippen molar-refractivity contribution in [1.82, 2.24) is 15.1 Å². The third-order valence-electron chi connectivity index (χ3n) is 3.70. The quantitative estimate of drug-likeness (QED) is 0.731. The van der Waals surface area contributed by atoms with Crippen molar-refractivity contribution in [2.45, 2.75) is 58.5 Å². The molecule has 1 aliphatic rings. The molecule has 1 rings (SSSR count). The van der Waals surface area contributed by atoms with Crippen LogP contribution >= 0.6 is 0 Å². The van der Waals surface area contributed by atoms with Crippen LogP contribution in [0.2, 0.25) is 0 Å². The maximum absolute atomic E-state index is 12.5. The molecule has 0 bridgehead atoms. The molecular formula is C15H31N3O. The number of nitrogens with zero attached hydrogens (tertiary/aromatic N) is 2. The number of carbonyl (C=O) groups is 1. The van der Waals surface area contributed by atoms with Crippen LogP contribution in [0.1, 0.15) is 46.5 Å². The number of unbranched alkanes of at least 4 members (excludes halogenated alkanes) is 1. The van der Waals surface area contributed by atoms with Crippen molar-refractivity contribution in [3.63, 3.8) is 0 Å². The standard InChI is InChI=1S/C15H31N3O/c1-6-7-8-14-15(19)18(11-16-14)13(9-12(2)3)10-17(4)5/h12-14,16H,6-11H2,1-5H3. The van der Waals surface area contributed by atoms with E-state index in [-0.39, 0.29) is 6.04 Å². The van der Waals surface area contributed by atoms with Crippen LogP contribution < -0.4 is 5.32 Å². The minimum absolute atomic E-state index is 0.0526. The molecule has 2 atom stereocenters. The minimum atomic E-state index is 0.0526. The van der Waals surface area contributed by atoms with Crippen molar-refractivity contribution in [3.8, 4) is 0 Å². The summed E-state index contributed by atoms with van der Waals surface area (Å²) in [4.78, 5) is 16.7. The van der Waals surface area contributed by atoms with Crippen molar-refractivity contribution >= 4 is 5.91 Å². The molecule has 0 aromatic heterocycles. The summed E-state index contributed by atoms with van der Waals surface area (Å²) in [5, 5.41) is 3.38. The van der Waals surface area contributed by atoms with Gasteiger partial charge in [-0.05, 0) is 32.9 Å². The molecule has 1 amide bonds. The normalized spacial score (nSPS) is 21.7. The fourth-order valence-corrected chi connectivity index (χ4v) is 2.78. The predicted molar refractivity (Wildman–Crippen MR) is 80.0 cm³/mol. The molecule has 19 heavy (non-hydrogen) atoms. The zero-order chi connectivity index (χ0) is 14.4. The van der Waals surface area contributed by atoms with Gasteiger partial charge >= 0.3 is 0 Å². The highest BCUT2D eigenvalue weighted by atomic mass is 16.2. The largest absolute Gasteiger partial charge is 0.324 e. The Balaban J connectivity index is 2.61. The molecular weight excluding hydrogens is 238 g/mol. The number of hydrogen-bond donors (Lipinski definition) is 1. The van der Waals surface area contributed by atoms with Crippen LogP contribution in [0.3, 0.4) is 0 Å². The molecule has 0 aromatic carbocycles. The van der Waals surface area contributed by atoms with E-state index in [1.807, 2.05) is 0 Å². The summed E-state index contributed by atoms with van der Waals surface area (Å²) in [6.07, 6.45) is 4.33. The first-order chi connectivity index (χ1) is 8.95. The summed E-state index contributed by atoms with van der Waals surface area (Å²) in [6.45, 7) is 8.30. The van der Waals surface area contributed by atoms with Gasteiger partial charge in [-0.2, -0.15) is 0 Å². The summed E-state index contributed by atoms with van der Waals surface area (Å²) < 4.78 is 0. The lowest BCUT2D eigenvalue weighted by Crippen LogP contribution is -2.45. The Morgan fingerprint density at radius 1 is 1.42 bits per heavy atom. The highest BCUT2D eigenvalue weighted by Gasteiger charge is 2.35. The summed E-state index contributed by atoms with van der Waals surface area (Å²) in [5.74, 6) is 0.924. The Kier molecular flexibility index (Phi) is 6.80. The number of likely N-dealkylation sites (N-methyl/N-ethyl adjacent to an activating group) is 1. The Labute approximate surface area is 118 Å². The maximum atomic E-state index is 12.5. The molecule has 0 aromatic rings. The molecule has 0 spiro atoms. The molecule has 0 aliphatic carbocycles. The number of rotatable bonds is 8. The zero-order valence-corrected chi connectivity index (χ0v) is 13.3. The molecule has 1 N–H and O–H groups in total. The molecule has 1 fully saturated rings. The monoisotopic (exact) mass is 269 g/mol. The van der Waals surface area contributed by atoms with E-state index in [4.69, 9.17) is 0 Å². The Morgan fingerprint density at radius 2 is 2.11 bits per heavy atom. The summed E-state index contributed by atoms with van der Waals surface area (Å²) in [7, 11) is 4.16. The Bertz CT molecular complexity index is 269. The van der Waals surface area contributed by atoms with Gasteiger partial charge in [0.15, 0.2) is 0 Å². The number of carbonyl (C=O) groups excluding carboxylic acids is 1. The van der Waals surface area contributed by atoms with Crippen LogP contribution in [0.5, 0.6) is 0 Å². The predicted octanol–water partition coefficient (Wildman–Crippen LogP) is 1.91. The third kappa shape index (κ3) is 5.11. The van der Waals surface area contributed by atoms with E-state index in [0.717, 1.165) is 38.9 Å². The SMILES string of the molecule is CCCCC1NCN(C(CC(C)C)CN(C)C)C1=O. The molecule has 1 heterocycles. The van der Waals surface area contributed by atoms with Crippen molar-refractivity contribution in [1.29, 1.82) is 0 Å². The Hall–Kier alpha value is -0.610. The average Bonchev–Trinajstić information content (AvgIpc) is 2.66.